The molecule has 0 spiro atoms. The highest BCUT2D eigenvalue weighted by atomic mass is 32.1. The molecule has 0 aliphatic heterocycles. The molecule has 3 aromatic rings. The van der Waals surface area contributed by atoms with Gasteiger partial charge in [0.15, 0.2) is 0 Å². The Morgan fingerprint density at radius 3 is 2.77 bits per heavy atom. The molecule has 1 aromatic carbocycles. The summed E-state index contributed by atoms with van der Waals surface area (Å²) < 4.78 is 5.49. The molecule has 0 unspecified atom stereocenters. The molecule has 0 aliphatic rings. The van der Waals surface area contributed by atoms with Gasteiger partial charge in [-0.25, -0.2) is 4.98 Å². The van der Waals surface area contributed by atoms with Crippen molar-refractivity contribution in [3.8, 4) is 10.7 Å². The molecule has 0 bridgehead atoms. The molecular formula is C16H12N2O3S. The van der Waals surface area contributed by atoms with E-state index in [1.807, 2.05) is 18.2 Å². The first-order chi connectivity index (χ1) is 10.7. The maximum atomic E-state index is 12.1. The van der Waals surface area contributed by atoms with Crippen LogP contribution in [0.2, 0.25) is 0 Å². The van der Waals surface area contributed by atoms with E-state index in [1.165, 1.54) is 18.4 Å². The zero-order valence-corrected chi connectivity index (χ0v) is 12.6. The van der Waals surface area contributed by atoms with E-state index in [1.54, 1.807) is 24.3 Å². The highest BCUT2D eigenvalue weighted by Crippen LogP contribution is 2.24. The van der Waals surface area contributed by atoms with Gasteiger partial charge in [-0.05, 0) is 24.3 Å². The average Bonchev–Trinajstić information content (AvgIpc) is 2.55. The highest BCUT2D eigenvalue weighted by Gasteiger charge is 2.10. The lowest BCUT2D eigenvalue weighted by atomic mass is 10.2. The number of pyridine rings is 1. The van der Waals surface area contributed by atoms with Crippen LogP contribution in [0.1, 0.15) is 5.69 Å². The van der Waals surface area contributed by atoms with Gasteiger partial charge in [-0.3, -0.25) is 9.59 Å². The number of rotatable bonds is 3. The number of benzene rings is 1. The van der Waals surface area contributed by atoms with Crippen LogP contribution in [0.3, 0.4) is 0 Å². The van der Waals surface area contributed by atoms with Crippen molar-refractivity contribution < 1.29 is 9.53 Å². The number of nitrogens with zero attached hydrogens (tertiary/aromatic N) is 2. The van der Waals surface area contributed by atoms with E-state index >= 15 is 0 Å². The van der Waals surface area contributed by atoms with Gasteiger partial charge >= 0.3 is 5.97 Å². The molecule has 0 aliphatic carbocycles. The Morgan fingerprint density at radius 1 is 1.14 bits per heavy atom. The van der Waals surface area contributed by atoms with E-state index < -0.39 is 0 Å². The minimum absolute atomic E-state index is 0.0901. The van der Waals surface area contributed by atoms with Crippen LogP contribution in [-0.2, 0) is 16.0 Å². The van der Waals surface area contributed by atoms with Crippen molar-refractivity contribution in [2.75, 3.05) is 7.11 Å². The van der Waals surface area contributed by atoms with E-state index in [9.17, 15) is 9.59 Å². The Hall–Kier alpha value is -2.60. The van der Waals surface area contributed by atoms with Gasteiger partial charge in [0, 0.05) is 4.70 Å². The molecule has 3 rings (SSSR count). The fourth-order valence-corrected chi connectivity index (χ4v) is 3.01. The van der Waals surface area contributed by atoms with Crippen LogP contribution in [0.15, 0.2) is 47.3 Å². The third-order valence-electron chi connectivity index (χ3n) is 3.11. The number of hydrogen-bond donors (Lipinski definition) is 0. The molecular weight excluding hydrogens is 300 g/mol. The molecule has 0 saturated carbocycles. The van der Waals surface area contributed by atoms with Crippen molar-refractivity contribution >= 4 is 27.4 Å². The van der Waals surface area contributed by atoms with Crippen molar-refractivity contribution in [3.05, 3.63) is 58.5 Å². The second kappa shape index (κ2) is 6.03. The molecule has 0 amide bonds. The summed E-state index contributed by atoms with van der Waals surface area (Å²) in [5.74, 6) is -0.357. The van der Waals surface area contributed by atoms with Gasteiger partial charge in [0.2, 0.25) is 0 Å². The minimum atomic E-state index is -0.357. The predicted molar refractivity (Wildman–Crippen MR) is 84.8 cm³/mol. The zero-order valence-electron chi connectivity index (χ0n) is 11.8. The van der Waals surface area contributed by atoms with Gasteiger partial charge in [-0.1, -0.05) is 18.2 Å². The normalized spacial score (nSPS) is 10.6. The SMILES string of the molecule is COC(=O)Cc1cccc(-c2nc(=O)c3ccccc3s2)n1. The second-order valence-corrected chi connectivity index (χ2v) is 5.62. The summed E-state index contributed by atoms with van der Waals surface area (Å²) >= 11 is 1.40. The first-order valence-corrected chi connectivity index (χ1v) is 7.42. The highest BCUT2D eigenvalue weighted by molar-refractivity contribution is 7.21. The first-order valence-electron chi connectivity index (χ1n) is 6.60. The number of fused-ring (bicyclic) bond motifs is 1. The van der Waals surface area contributed by atoms with Gasteiger partial charge < -0.3 is 4.74 Å². The van der Waals surface area contributed by atoms with Crippen LogP contribution in [0.5, 0.6) is 0 Å². The first kappa shape index (κ1) is 14.3. The van der Waals surface area contributed by atoms with E-state index in [0.29, 0.717) is 21.8 Å². The maximum absolute atomic E-state index is 12.1. The lowest BCUT2D eigenvalue weighted by molar-refractivity contribution is -0.139. The van der Waals surface area contributed by atoms with Gasteiger partial charge in [0.25, 0.3) is 5.56 Å². The summed E-state index contributed by atoms with van der Waals surface area (Å²) in [5, 5.41) is 1.14. The van der Waals surface area contributed by atoms with Crippen molar-refractivity contribution in [1.82, 2.24) is 9.97 Å². The fourth-order valence-electron chi connectivity index (χ4n) is 2.04. The van der Waals surface area contributed by atoms with Crippen molar-refractivity contribution in [2.45, 2.75) is 6.42 Å². The molecule has 110 valence electrons. The Morgan fingerprint density at radius 2 is 1.95 bits per heavy atom. The Labute approximate surface area is 130 Å². The molecule has 0 saturated heterocycles. The summed E-state index contributed by atoms with van der Waals surface area (Å²) in [7, 11) is 1.34. The second-order valence-electron chi connectivity index (χ2n) is 4.59. The van der Waals surface area contributed by atoms with E-state index in [0.717, 1.165) is 4.70 Å². The number of esters is 1. The largest absolute Gasteiger partial charge is 0.469 e. The van der Waals surface area contributed by atoms with E-state index in [4.69, 9.17) is 0 Å². The quantitative estimate of drug-likeness (QED) is 0.695. The van der Waals surface area contributed by atoms with Crippen LogP contribution in [0, 0.1) is 0 Å². The van der Waals surface area contributed by atoms with Crippen molar-refractivity contribution in [2.24, 2.45) is 0 Å². The lowest BCUT2D eigenvalue weighted by Crippen LogP contribution is -2.08. The van der Waals surface area contributed by atoms with Crippen molar-refractivity contribution in [1.29, 1.82) is 0 Å². The number of methoxy groups -OCH3 is 1. The molecule has 0 atom stereocenters. The zero-order chi connectivity index (χ0) is 15.5. The van der Waals surface area contributed by atoms with Crippen molar-refractivity contribution in [3.63, 3.8) is 0 Å². The smallest absolute Gasteiger partial charge is 0.311 e. The van der Waals surface area contributed by atoms with Crippen LogP contribution in [0.4, 0.5) is 0 Å². The predicted octanol–water partition coefficient (Wildman–Crippen LogP) is 2.43. The average molecular weight is 312 g/mol. The molecule has 0 radical (unpaired) electrons. The molecule has 5 nitrogen and oxygen atoms in total. The standard InChI is InChI=1S/C16H12N2O3S/c1-21-14(19)9-10-5-4-7-12(17-10)16-18-15(20)11-6-2-3-8-13(11)22-16/h2-8H,9H2,1H3. The number of hydrogen-bond acceptors (Lipinski definition) is 6. The third kappa shape index (κ3) is 2.87. The van der Waals surface area contributed by atoms with Gasteiger partial charge in [-0.2, -0.15) is 4.98 Å². The Kier molecular flexibility index (Phi) is 3.93. The number of carbonyl (C=O) groups is 1. The van der Waals surface area contributed by atoms with Gasteiger partial charge in [0.1, 0.15) is 5.01 Å². The molecule has 2 heterocycles. The van der Waals surface area contributed by atoms with E-state index in [-0.39, 0.29) is 17.9 Å². The lowest BCUT2D eigenvalue weighted by Gasteiger charge is -2.04. The van der Waals surface area contributed by atoms with Crippen LogP contribution in [-0.4, -0.2) is 23.0 Å². The number of ether oxygens (including phenoxy) is 1. The summed E-state index contributed by atoms with van der Waals surface area (Å²) in [6, 6.07) is 12.6. The number of aromatic nitrogens is 2. The Bertz CT molecular complexity index is 905. The molecule has 0 fully saturated rings. The van der Waals surface area contributed by atoms with Crippen LogP contribution >= 0.6 is 11.3 Å². The van der Waals surface area contributed by atoms with Gasteiger partial charge in [-0.15, -0.1) is 11.3 Å². The summed E-state index contributed by atoms with van der Waals surface area (Å²) in [4.78, 5) is 31.9. The number of carbonyl (C=O) groups excluding carboxylic acids is 1. The van der Waals surface area contributed by atoms with Gasteiger partial charge in [0.05, 0.1) is 30.3 Å². The minimum Gasteiger partial charge on any atom is -0.469 e. The van der Waals surface area contributed by atoms with Crippen LogP contribution < -0.4 is 5.56 Å². The summed E-state index contributed by atoms with van der Waals surface area (Å²) in [6.45, 7) is 0. The van der Waals surface area contributed by atoms with Crippen LogP contribution in [0.25, 0.3) is 20.8 Å². The third-order valence-corrected chi connectivity index (χ3v) is 4.18. The molecule has 2 aromatic heterocycles. The monoisotopic (exact) mass is 312 g/mol. The topological polar surface area (TPSA) is 69.2 Å². The summed E-state index contributed by atoms with van der Waals surface area (Å²) in [5.41, 5.74) is 0.887. The Balaban J connectivity index is 2.06. The van der Waals surface area contributed by atoms with E-state index in [2.05, 4.69) is 14.7 Å². The molecule has 6 heteroatoms. The fraction of sp³-hybridized carbons (Fsp3) is 0.125. The molecule has 22 heavy (non-hydrogen) atoms. The molecule has 0 N–H and O–H groups in total. The summed E-state index contributed by atoms with van der Waals surface area (Å²) in [6.07, 6.45) is 0.0901. The maximum Gasteiger partial charge on any atom is 0.311 e.